The fourth-order valence-electron chi connectivity index (χ4n) is 6.81. The topological polar surface area (TPSA) is 81.8 Å². The van der Waals surface area contributed by atoms with Crippen LogP contribution >= 0.6 is 0 Å². The molecule has 3 atom stereocenters. The highest BCUT2D eigenvalue weighted by Crippen LogP contribution is 2.38. The van der Waals surface area contributed by atoms with E-state index in [9.17, 15) is 14.4 Å². The molecule has 2 N–H and O–H groups in total. The first-order valence-corrected chi connectivity index (χ1v) is 14.3. The van der Waals surface area contributed by atoms with E-state index in [1.807, 2.05) is 15.9 Å². The van der Waals surface area contributed by atoms with Crippen molar-refractivity contribution in [3.63, 3.8) is 0 Å². The number of rotatable bonds is 2. The van der Waals surface area contributed by atoms with Gasteiger partial charge in [-0.05, 0) is 56.1 Å². The molecule has 1 aromatic rings. The van der Waals surface area contributed by atoms with Crippen LogP contribution in [0.15, 0.2) is 24.3 Å². The van der Waals surface area contributed by atoms with Crippen molar-refractivity contribution in [2.45, 2.75) is 95.7 Å². The summed E-state index contributed by atoms with van der Waals surface area (Å²) in [5.74, 6) is -0.392. The Labute approximate surface area is 215 Å². The Morgan fingerprint density at radius 2 is 1.64 bits per heavy atom. The standard InChI is InChI=1S/C29H42N4O3/c34-27-25-18-23(28(35)32-17-14-21-10-6-7-11-22(21)20-32)19-26(25)33(16-9-2-1-8-15-30-27)29(36)31-24-12-4-3-5-13-24/h6-7,10-11,23-26H,1-5,8-9,12-20H2,(H,30,34)(H,31,36). The number of hydrogen-bond acceptors (Lipinski definition) is 3. The highest BCUT2D eigenvalue weighted by atomic mass is 16.2. The smallest absolute Gasteiger partial charge is 0.317 e. The monoisotopic (exact) mass is 494 g/mol. The molecule has 1 saturated heterocycles. The van der Waals surface area contributed by atoms with E-state index in [1.165, 1.54) is 17.5 Å². The summed E-state index contributed by atoms with van der Waals surface area (Å²) in [7, 11) is 0. The molecule has 0 radical (unpaired) electrons. The number of urea groups is 1. The van der Waals surface area contributed by atoms with Crippen LogP contribution in [0.4, 0.5) is 4.79 Å². The zero-order valence-electron chi connectivity index (χ0n) is 21.6. The number of nitrogens with zero attached hydrogens (tertiary/aromatic N) is 2. The third-order valence-corrected chi connectivity index (χ3v) is 8.88. The Hall–Kier alpha value is -2.57. The molecule has 0 spiro atoms. The molecule has 7 heteroatoms. The highest BCUT2D eigenvalue weighted by Gasteiger charge is 2.47. The normalized spacial score (nSPS) is 27.9. The van der Waals surface area contributed by atoms with Gasteiger partial charge >= 0.3 is 6.03 Å². The molecule has 2 saturated carbocycles. The third-order valence-electron chi connectivity index (χ3n) is 8.88. The zero-order valence-corrected chi connectivity index (χ0v) is 21.6. The van der Waals surface area contributed by atoms with Crippen molar-refractivity contribution in [2.75, 3.05) is 19.6 Å². The maximum absolute atomic E-state index is 13.7. The van der Waals surface area contributed by atoms with Crippen molar-refractivity contribution in [3.05, 3.63) is 35.4 Å². The summed E-state index contributed by atoms with van der Waals surface area (Å²) in [6.45, 7) is 2.70. The van der Waals surface area contributed by atoms with Crippen LogP contribution in [0, 0.1) is 11.8 Å². The summed E-state index contributed by atoms with van der Waals surface area (Å²) in [4.78, 5) is 44.5. The van der Waals surface area contributed by atoms with Crippen LogP contribution in [0.5, 0.6) is 0 Å². The van der Waals surface area contributed by atoms with E-state index in [0.717, 1.165) is 64.3 Å². The molecule has 0 bridgehead atoms. The van der Waals surface area contributed by atoms with Crippen molar-refractivity contribution < 1.29 is 14.4 Å². The molecular weight excluding hydrogens is 452 g/mol. The fourth-order valence-corrected chi connectivity index (χ4v) is 6.81. The molecule has 36 heavy (non-hydrogen) atoms. The van der Waals surface area contributed by atoms with Crippen molar-refractivity contribution in [1.82, 2.24) is 20.4 Å². The van der Waals surface area contributed by atoms with Gasteiger partial charge in [0.1, 0.15) is 0 Å². The van der Waals surface area contributed by atoms with Crippen LogP contribution in [0.1, 0.15) is 81.8 Å². The highest BCUT2D eigenvalue weighted by molar-refractivity contribution is 5.85. The Balaban J connectivity index is 1.33. The van der Waals surface area contributed by atoms with Crippen molar-refractivity contribution in [2.24, 2.45) is 11.8 Å². The molecule has 2 aliphatic heterocycles. The largest absolute Gasteiger partial charge is 0.356 e. The van der Waals surface area contributed by atoms with Gasteiger partial charge < -0.3 is 20.4 Å². The van der Waals surface area contributed by atoms with Gasteiger partial charge in [0, 0.05) is 44.2 Å². The van der Waals surface area contributed by atoms with Gasteiger partial charge in [0.25, 0.3) is 0 Å². The van der Waals surface area contributed by atoms with E-state index in [1.54, 1.807) is 0 Å². The summed E-state index contributed by atoms with van der Waals surface area (Å²) in [6.07, 6.45) is 11.6. The summed E-state index contributed by atoms with van der Waals surface area (Å²) >= 11 is 0. The summed E-state index contributed by atoms with van der Waals surface area (Å²) in [5, 5.41) is 6.42. The molecule has 4 amide bonds. The van der Waals surface area contributed by atoms with Gasteiger partial charge in [0.15, 0.2) is 0 Å². The van der Waals surface area contributed by atoms with Gasteiger partial charge in [-0.15, -0.1) is 0 Å². The molecule has 2 aliphatic carbocycles. The second kappa shape index (κ2) is 11.7. The van der Waals surface area contributed by atoms with Crippen LogP contribution < -0.4 is 10.6 Å². The minimum Gasteiger partial charge on any atom is -0.356 e. The lowest BCUT2D eigenvalue weighted by molar-refractivity contribution is -0.136. The number of benzene rings is 1. The van der Waals surface area contributed by atoms with Gasteiger partial charge in [-0.25, -0.2) is 4.79 Å². The van der Waals surface area contributed by atoms with Crippen molar-refractivity contribution >= 4 is 17.8 Å². The molecule has 196 valence electrons. The van der Waals surface area contributed by atoms with E-state index < -0.39 is 0 Å². The minimum absolute atomic E-state index is 0.0108. The average Bonchev–Trinajstić information content (AvgIpc) is 3.34. The molecule has 1 aromatic carbocycles. The minimum atomic E-state index is -0.328. The summed E-state index contributed by atoms with van der Waals surface area (Å²) in [6, 6.07) is 8.31. The Kier molecular flexibility index (Phi) is 8.12. The molecule has 5 rings (SSSR count). The molecule has 7 nitrogen and oxygen atoms in total. The second-order valence-corrected chi connectivity index (χ2v) is 11.3. The van der Waals surface area contributed by atoms with Crippen LogP contribution in [-0.2, 0) is 22.6 Å². The quantitative estimate of drug-likeness (QED) is 0.652. The lowest BCUT2D eigenvalue weighted by Gasteiger charge is -2.35. The predicted molar refractivity (Wildman–Crippen MR) is 139 cm³/mol. The SMILES string of the molecule is O=C1NCCCCCCN(C(=O)NC2CCCCC2)C2CC(C(=O)N3CCc4ccccc4C3)CC12. The Bertz CT molecular complexity index is 944. The number of fused-ring (bicyclic) bond motifs is 2. The molecule has 2 heterocycles. The predicted octanol–water partition coefficient (Wildman–Crippen LogP) is 4.00. The molecule has 3 unspecified atom stereocenters. The number of amides is 4. The van der Waals surface area contributed by atoms with Crippen LogP contribution in [0.2, 0.25) is 0 Å². The van der Waals surface area contributed by atoms with E-state index in [4.69, 9.17) is 0 Å². The summed E-state index contributed by atoms with van der Waals surface area (Å²) in [5.41, 5.74) is 2.54. The lowest BCUT2D eigenvalue weighted by atomic mass is 9.95. The first kappa shape index (κ1) is 25.1. The van der Waals surface area contributed by atoms with E-state index in [2.05, 4.69) is 28.8 Å². The third kappa shape index (κ3) is 5.70. The van der Waals surface area contributed by atoms with Crippen LogP contribution in [0.25, 0.3) is 0 Å². The first-order chi connectivity index (χ1) is 17.6. The van der Waals surface area contributed by atoms with Crippen LogP contribution in [0.3, 0.4) is 0 Å². The number of carbonyl (C=O) groups is 3. The number of carbonyl (C=O) groups excluding carboxylic acids is 3. The molecule has 3 fully saturated rings. The average molecular weight is 495 g/mol. The van der Waals surface area contributed by atoms with Gasteiger partial charge in [-0.3, -0.25) is 9.59 Å². The van der Waals surface area contributed by atoms with E-state index in [-0.39, 0.29) is 41.8 Å². The number of nitrogens with one attached hydrogen (secondary N) is 2. The lowest BCUT2D eigenvalue weighted by Crippen LogP contribution is -2.53. The van der Waals surface area contributed by atoms with Gasteiger partial charge in [0.2, 0.25) is 11.8 Å². The fraction of sp³-hybridized carbons (Fsp3) is 0.690. The molecule has 4 aliphatic rings. The second-order valence-electron chi connectivity index (χ2n) is 11.3. The zero-order chi connectivity index (χ0) is 24.9. The maximum atomic E-state index is 13.7. The van der Waals surface area contributed by atoms with Gasteiger partial charge in [0.05, 0.1) is 5.92 Å². The van der Waals surface area contributed by atoms with E-state index >= 15 is 0 Å². The van der Waals surface area contributed by atoms with E-state index in [0.29, 0.717) is 32.5 Å². The van der Waals surface area contributed by atoms with Crippen molar-refractivity contribution in [1.29, 1.82) is 0 Å². The number of hydrogen-bond donors (Lipinski definition) is 2. The van der Waals surface area contributed by atoms with Crippen molar-refractivity contribution in [3.8, 4) is 0 Å². The maximum Gasteiger partial charge on any atom is 0.317 e. The van der Waals surface area contributed by atoms with Crippen LogP contribution in [-0.4, -0.2) is 59.4 Å². The van der Waals surface area contributed by atoms with Gasteiger partial charge in [-0.1, -0.05) is 56.4 Å². The van der Waals surface area contributed by atoms with Gasteiger partial charge in [-0.2, -0.15) is 0 Å². The summed E-state index contributed by atoms with van der Waals surface area (Å²) < 4.78 is 0. The Morgan fingerprint density at radius 3 is 2.47 bits per heavy atom. The molecule has 0 aromatic heterocycles. The molecular formula is C29H42N4O3. The Morgan fingerprint density at radius 1 is 0.889 bits per heavy atom. The first-order valence-electron chi connectivity index (χ1n) is 14.3.